The Morgan fingerprint density at radius 2 is 1.76 bits per heavy atom. The summed E-state index contributed by atoms with van der Waals surface area (Å²) in [6, 6.07) is 19.3. The predicted octanol–water partition coefficient (Wildman–Crippen LogP) is 4.51. The van der Waals surface area contributed by atoms with Gasteiger partial charge in [0.05, 0.1) is 29.0 Å². The molecule has 0 spiro atoms. The molecule has 2 aliphatic rings. The van der Waals surface area contributed by atoms with Crippen LogP contribution in [0.25, 0.3) is 16.8 Å². The SMILES string of the molecule is O=C(NC1CC(=O)N(c2ccc3c(-c4ccc(F)cc4)ncn3c2)C1c1ccccc1)C1CC1. The summed E-state index contributed by atoms with van der Waals surface area (Å²) >= 11 is 0. The summed E-state index contributed by atoms with van der Waals surface area (Å²) in [5, 5.41) is 3.14. The van der Waals surface area contributed by atoms with E-state index in [1.54, 1.807) is 23.4 Å². The van der Waals surface area contributed by atoms with Crippen molar-refractivity contribution in [3.63, 3.8) is 0 Å². The topological polar surface area (TPSA) is 66.7 Å². The number of anilines is 1. The molecule has 3 heterocycles. The second kappa shape index (κ2) is 8.09. The zero-order valence-electron chi connectivity index (χ0n) is 18.4. The maximum atomic E-state index is 13.4. The number of amides is 2. The maximum Gasteiger partial charge on any atom is 0.229 e. The zero-order chi connectivity index (χ0) is 23.2. The molecule has 1 N–H and O–H groups in total. The molecule has 0 bridgehead atoms. The molecule has 4 aromatic rings. The Kier molecular flexibility index (Phi) is 4.90. The van der Waals surface area contributed by atoms with Gasteiger partial charge in [-0.15, -0.1) is 0 Å². The second-order valence-corrected chi connectivity index (χ2v) is 8.99. The highest BCUT2D eigenvalue weighted by Gasteiger charge is 2.44. The van der Waals surface area contributed by atoms with Crippen molar-refractivity contribution >= 4 is 23.0 Å². The minimum atomic E-state index is -0.297. The molecular formula is C27H23FN4O2. The fraction of sp³-hybridized carbons (Fsp3) is 0.222. The van der Waals surface area contributed by atoms with Crippen LogP contribution in [-0.4, -0.2) is 27.2 Å². The van der Waals surface area contributed by atoms with Gasteiger partial charge in [-0.2, -0.15) is 0 Å². The van der Waals surface area contributed by atoms with E-state index in [4.69, 9.17) is 0 Å². The predicted molar refractivity (Wildman–Crippen MR) is 127 cm³/mol. The van der Waals surface area contributed by atoms with Gasteiger partial charge in [0, 0.05) is 24.1 Å². The van der Waals surface area contributed by atoms with Crippen LogP contribution in [0.4, 0.5) is 10.1 Å². The van der Waals surface area contributed by atoms with Gasteiger partial charge in [0.15, 0.2) is 0 Å². The molecule has 34 heavy (non-hydrogen) atoms. The van der Waals surface area contributed by atoms with Gasteiger partial charge in [0.25, 0.3) is 0 Å². The molecule has 1 saturated heterocycles. The number of aromatic nitrogens is 2. The van der Waals surface area contributed by atoms with E-state index in [2.05, 4.69) is 10.3 Å². The number of benzene rings is 2. The van der Waals surface area contributed by atoms with Gasteiger partial charge in [0.1, 0.15) is 12.1 Å². The van der Waals surface area contributed by atoms with Crippen LogP contribution in [0.5, 0.6) is 0 Å². The highest BCUT2D eigenvalue weighted by Crippen LogP contribution is 2.39. The number of pyridine rings is 1. The summed E-state index contributed by atoms with van der Waals surface area (Å²) < 4.78 is 15.2. The Hall–Kier alpha value is -4.00. The summed E-state index contributed by atoms with van der Waals surface area (Å²) in [7, 11) is 0. The number of nitrogens with zero attached hydrogens (tertiary/aromatic N) is 3. The Morgan fingerprint density at radius 1 is 1.00 bits per heavy atom. The molecule has 2 aromatic heterocycles. The smallest absolute Gasteiger partial charge is 0.229 e. The fourth-order valence-corrected chi connectivity index (χ4v) is 4.81. The van der Waals surface area contributed by atoms with Crippen molar-refractivity contribution in [1.82, 2.24) is 14.7 Å². The third-order valence-electron chi connectivity index (χ3n) is 6.65. The number of fused-ring (bicyclic) bond motifs is 1. The fourth-order valence-electron chi connectivity index (χ4n) is 4.81. The van der Waals surface area contributed by atoms with Crippen LogP contribution < -0.4 is 10.2 Å². The Labute approximate surface area is 196 Å². The van der Waals surface area contributed by atoms with Crippen molar-refractivity contribution in [2.75, 3.05) is 4.90 Å². The number of carbonyl (C=O) groups is 2. The van der Waals surface area contributed by atoms with Crippen molar-refractivity contribution in [2.45, 2.75) is 31.3 Å². The Morgan fingerprint density at radius 3 is 2.50 bits per heavy atom. The van der Waals surface area contributed by atoms with E-state index in [-0.39, 0.29) is 42.1 Å². The first kappa shape index (κ1) is 20.6. The molecule has 2 aromatic carbocycles. The van der Waals surface area contributed by atoms with E-state index in [9.17, 15) is 14.0 Å². The highest BCUT2D eigenvalue weighted by atomic mass is 19.1. The Bertz CT molecular complexity index is 1380. The maximum absolute atomic E-state index is 13.4. The van der Waals surface area contributed by atoms with Gasteiger partial charge in [-0.25, -0.2) is 9.37 Å². The average Bonchev–Trinajstić information content (AvgIpc) is 3.55. The average molecular weight is 455 g/mol. The van der Waals surface area contributed by atoms with E-state index in [1.807, 2.05) is 53.1 Å². The third kappa shape index (κ3) is 3.63. The van der Waals surface area contributed by atoms with Gasteiger partial charge in [0.2, 0.25) is 11.8 Å². The van der Waals surface area contributed by atoms with Crippen LogP contribution in [0.1, 0.15) is 30.9 Å². The molecule has 1 aliphatic heterocycles. The molecule has 6 nitrogen and oxygen atoms in total. The van der Waals surface area contributed by atoms with E-state index in [1.165, 1.54) is 12.1 Å². The number of nitrogens with one attached hydrogen (secondary N) is 1. The number of hydrogen-bond acceptors (Lipinski definition) is 3. The zero-order valence-corrected chi connectivity index (χ0v) is 18.4. The molecule has 170 valence electrons. The van der Waals surface area contributed by atoms with Gasteiger partial charge >= 0.3 is 0 Å². The summed E-state index contributed by atoms with van der Waals surface area (Å²) in [5.74, 6) is -0.215. The minimum absolute atomic E-state index is 0.0341. The van der Waals surface area contributed by atoms with Gasteiger partial charge in [-0.05, 0) is 54.8 Å². The van der Waals surface area contributed by atoms with Crippen molar-refractivity contribution in [3.8, 4) is 11.3 Å². The lowest BCUT2D eigenvalue weighted by atomic mass is 9.99. The van der Waals surface area contributed by atoms with Gasteiger partial charge in [-0.1, -0.05) is 30.3 Å². The second-order valence-electron chi connectivity index (χ2n) is 8.99. The molecule has 1 aliphatic carbocycles. The summed E-state index contributed by atoms with van der Waals surface area (Å²) in [6.45, 7) is 0. The van der Waals surface area contributed by atoms with Crippen molar-refractivity contribution in [2.24, 2.45) is 5.92 Å². The largest absolute Gasteiger partial charge is 0.350 e. The summed E-state index contributed by atoms with van der Waals surface area (Å²) in [4.78, 5) is 32.1. The standard InChI is InChI=1S/C27H23FN4O2/c28-20-10-8-17(9-11-20)25-23-13-12-21(15-31(23)16-29-25)32-24(33)14-22(30-27(34)19-6-7-19)26(32)18-4-2-1-3-5-18/h1-5,8-13,15-16,19,22,26H,6-7,14H2,(H,30,34). The van der Waals surface area contributed by atoms with Crippen LogP contribution in [-0.2, 0) is 9.59 Å². The molecule has 2 unspecified atom stereocenters. The van der Waals surface area contributed by atoms with Crippen LogP contribution in [0.2, 0.25) is 0 Å². The number of hydrogen-bond donors (Lipinski definition) is 1. The molecule has 2 amide bonds. The lowest BCUT2D eigenvalue weighted by Gasteiger charge is -2.29. The monoisotopic (exact) mass is 454 g/mol. The number of rotatable bonds is 5. The normalized spacial score (nSPS) is 20.1. The van der Waals surface area contributed by atoms with Crippen LogP contribution in [0.3, 0.4) is 0 Å². The number of halogens is 1. The van der Waals surface area contributed by atoms with Crippen LogP contribution in [0, 0.1) is 11.7 Å². The summed E-state index contributed by atoms with van der Waals surface area (Å²) in [5.41, 5.74) is 4.13. The first-order chi connectivity index (χ1) is 16.6. The lowest BCUT2D eigenvalue weighted by Crippen LogP contribution is -2.40. The van der Waals surface area contributed by atoms with E-state index >= 15 is 0 Å². The van der Waals surface area contributed by atoms with Gasteiger partial charge in [-0.3, -0.25) is 9.59 Å². The number of imidazole rings is 1. The highest BCUT2D eigenvalue weighted by molar-refractivity contribution is 5.98. The molecule has 1 saturated carbocycles. The quantitative estimate of drug-likeness (QED) is 0.482. The summed E-state index contributed by atoms with van der Waals surface area (Å²) in [6.07, 6.45) is 5.66. The van der Waals surface area contributed by atoms with Crippen molar-refractivity contribution in [1.29, 1.82) is 0 Å². The third-order valence-corrected chi connectivity index (χ3v) is 6.65. The molecule has 0 radical (unpaired) electrons. The first-order valence-electron chi connectivity index (χ1n) is 11.5. The van der Waals surface area contributed by atoms with Crippen molar-refractivity contribution < 1.29 is 14.0 Å². The van der Waals surface area contributed by atoms with Gasteiger partial charge < -0.3 is 14.6 Å². The van der Waals surface area contributed by atoms with Crippen LogP contribution in [0.15, 0.2) is 79.3 Å². The number of carbonyl (C=O) groups excluding carboxylic acids is 2. The molecule has 2 fully saturated rings. The minimum Gasteiger partial charge on any atom is -0.350 e. The molecule has 6 rings (SSSR count). The molecule has 7 heteroatoms. The Balaban J connectivity index is 1.37. The van der Waals surface area contributed by atoms with Crippen LogP contribution >= 0.6 is 0 Å². The first-order valence-corrected chi connectivity index (χ1v) is 11.5. The van der Waals surface area contributed by atoms with E-state index in [0.717, 1.165) is 40.9 Å². The van der Waals surface area contributed by atoms with Crippen molar-refractivity contribution in [3.05, 3.63) is 90.6 Å². The van der Waals surface area contributed by atoms with E-state index in [0.29, 0.717) is 0 Å². The molecular weight excluding hydrogens is 431 g/mol. The lowest BCUT2D eigenvalue weighted by molar-refractivity contribution is -0.123. The van der Waals surface area contributed by atoms with E-state index < -0.39 is 0 Å². The molecule has 2 atom stereocenters.